The van der Waals surface area contributed by atoms with Gasteiger partial charge in [0.05, 0.1) is 5.56 Å². The summed E-state index contributed by atoms with van der Waals surface area (Å²) in [5.74, 6) is 1.76. The third kappa shape index (κ3) is 5.18. The summed E-state index contributed by atoms with van der Waals surface area (Å²) < 4.78 is 38.2. The summed E-state index contributed by atoms with van der Waals surface area (Å²) >= 11 is 1.71. The van der Waals surface area contributed by atoms with Crippen molar-refractivity contribution in [1.29, 1.82) is 0 Å². The minimum Gasteiger partial charge on any atom is -0.373 e. The molecule has 1 heterocycles. The van der Waals surface area contributed by atoms with E-state index in [0.29, 0.717) is 12.5 Å². The van der Waals surface area contributed by atoms with Crippen LogP contribution in [0.25, 0.3) is 0 Å². The first-order valence-electron chi connectivity index (χ1n) is 5.86. The Balaban J connectivity index is 2.83. The molecule has 3 nitrogen and oxygen atoms in total. The molecular formula is C12H18F3N3S. The van der Waals surface area contributed by atoms with Crippen LogP contribution in [0.4, 0.5) is 24.8 Å². The van der Waals surface area contributed by atoms with Crippen LogP contribution < -0.4 is 10.6 Å². The van der Waals surface area contributed by atoms with Gasteiger partial charge >= 0.3 is 6.18 Å². The van der Waals surface area contributed by atoms with Crippen LogP contribution in [-0.4, -0.2) is 30.6 Å². The fourth-order valence-electron chi connectivity index (χ4n) is 1.54. The summed E-state index contributed by atoms with van der Waals surface area (Å²) in [7, 11) is 1.54. The van der Waals surface area contributed by atoms with Gasteiger partial charge in [-0.1, -0.05) is 6.92 Å². The van der Waals surface area contributed by atoms with E-state index < -0.39 is 11.7 Å². The van der Waals surface area contributed by atoms with Gasteiger partial charge in [-0.3, -0.25) is 0 Å². The fourth-order valence-corrected chi connectivity index (χ4v) is 2.22. The zero-order chi connectivity index (χ0) is 14.5. The van der Waals surface area contributed by atoms with Gasteiger partial charge < -0.3 is 10.6 Å². The number of nitrogens with one attached hydrogen (secondary N) is 2. The van der Waals surface area contributed by atoms with Gasteiger partial charge in [0.15, 0.2) is 0 Å². The van der Waals surface area contributed by atoms with E-state index in [1.165, 1.54) is 0 Å². The molecule has 1 rings (SSSR count). The Hall–Kier alpha value is -1.11. The van der Waals surface area contributed by atoms with Crippen molar-refractivity contribution < 1.29 is 13.2 Å². The summed E-state index contributed by atoms with van der Waals surface area (Å²) in [4.78, 5) is 4.07. The molecule has 0 saturated carbocycles. The standard InChI is InChI=1S/C12H18F3N3S/c1-8(7-19-3)6-17-11-5-9(12(13,14)15)4-10(16-2)18-11/h4-5,8H,6-7H2,1-3H3,(H2,16,17,18). The molecule has 1 unspecified atom stereocenters. The number of pyridine rings is 1. The molecule has 0 aliphatic rings. The van der Waals surface area contributed by atoms with E-state index in [9.17, 15) is 13.2 Å². The number of aromatic nitrogens is 1. The van der Waals surface area contributed by atoms with Gasteiger partial charge in [0, 0.05) is 13.6 Å². The Kier molecular flexibility index (Phi) is 5.78. The quantitative estimate of drug-likeness (QED) is 0.841. The molecule has 0 spiro atoms. The van der Waals surface area contributed by atoms with Crippen molar-refractivity contribution in [2.75, 3.05) is 36.2 Å². The minimum absolute atomic E-state index is 0.204. The molecule has 1 aromatic heterocycles. The van der Waals surface area contributed by atoms with E-state index in [4.69, 9.17) is 0 Å². The molecule has 19 heavy (non-hydrogen) atoms. The highest BCUT2D eigenvalue weighted by Crippen LogP contribution is 2.32. The van der Waals surface area contributed by atoms with Crippen molar-refractivity contribution in [3.63, 3.8) is 0 Å². The highest BCUT2D eigenvalue weighted by atomic mass is 32.2. The summed E-state index contributed by atoms with van der Waals surface area (Å²) in [6, 6.07) is 2.03. The van der Waals surface area contributed by atoms with Crippen LogP contribution in [0.2, 0.25) is 0 Å². The normalized spacial score (nSPS) is 13.2. The maximum absolute atomic E-state index is 12.7. The Labute approximate surface area is 115 Å². The third-order valence-electron chi connectivity index (χ3n) is 2.49. The third-order valence-corrected chi connectivity index (χ3v) is 3.39. The van der Waals surface area contributed by atoms with E-state index in [1.54, 1.807) is 18.8 Å². The Morgan fingerprint density at radius 3 is 2.47 bits per heavy atom. The average Bonchev–Trinajstić information content (AvgIpc) is 2.35. The Morgan fingerprint density at radius 1 is 1.32 bits per heavy atom. The minimum atomic E-state index is -4.37. The first-order valence-corrected chi connectivity index (χ1v) is 7.26. The highest BCUT2D eigenvalue weighted by Gasteiger charge is 2.31. The molecule has 0 aliphatic heterocycles. The number of rotatable bonds is 6. The second kappa shape index (κ2) is 6.88. The number of thioether (sulfide) groups is 1. The van der Waals surface area contributed by atoms with Crippen LogP contribution in [0, 0.1) is 5.92 Å². The van der Waals surface area contributed by atoms with Crippen LogP contribution in [0.15, 0.2) is 12.1 Å². The molecule has 2 N–H and O–H groups in total. The molecular weight excluding hydrogens is 275 g/mol. The first kappa shape index (κ1) is 15.9. The highest BCUT2D eigenvalue weighted by molar-refractivity contribution is 7.98. The summed E-state index contributed by atoms with van der Waals surface area (Å²) in [6.07, 6.45) is -2.37. The lowest BCUT2D eigenvalue weighted by Gasteiger charge is -2.15. The van der Waals surface area contributed by atoms with Crippen molar-refractivity contribution >= 4 is 23.4 Å². The molecule has 108 valence electrons. The van der Waals surface area contributed by atoms with Gasteiger partial charge in [-0.25, -0.2) is 4.98 Å². The number of halogens is 3. The molecule has 0 amide bonds. The zero-order valence-electron chi connectivity index (χ0n) is 11.1. The van der Waals surface area contributed by atoms with Crippen molar-refractivity contribution in [2.45, 2.75) is 13.1 Å². The summed E-state index contributed by atoms with van der Waals surface area (Å²) in [6.45, 7) is 2.63. The zero-order valence-corrected chi connectivity index (χ0v) is 12.0. The van der Waals surface area contributed by atoms with E-state index in [-0.39, 0.29) is 11.6 Å². The molecule has 0 radical (unpaired) electrons. The SMILES string of the molecule is CNc1cc(C(F)(F)F)cc(NCC(C)CSC)n1. The van der Waals surface area contributed by atoms with Crippen LogP contribution >= 0.6 is 11.8 Å². The monoisotopic (exact) mass is 293 g/mol. The van der Waals surface area contributed by atoms with E-state index in [2.05, 4.69) is 15.6 Å². The van der Waals surface area contributed by atoms with Crippen LogP contribution in [0.1, 0.15) is 12.5 Å². The second-order valence-electron chi connectivity index (χ2n) is 4.32. The lowest BCUT2D eigenvalue weighted by Crippen LogP contribution is -2.15. The predicted molar refractivity (Wildman–Crippen MR) is 74.8 cm³/mol. The second-order valence-corrected chi connectivity index (χ2v) is 5.23. The van der Waals surface area contributed by atoms with Crippen molar-refractivity contribution in [3.05, 3.63) is 17.7 Å². The molecule has 7 heteroatoms. The predicted octanol–water partition coefficient (Wildman–Crippen LogP) is 3.55. The van der Waals surface area contributed by atoms with Gasteiger partial charge in [0.1, 0.15) is 11.6 Å². The molecule has 0 fully saturated rings. The lowest BCUT2D eigenvalue weighted by molar-refractivity contribution is -0.137. The maximum atomic E-state index is 12.7. The number of hydrogen-bond donors (Lipinski definition) is 2. The van der Waals surface area contributed by atoms with Gasteiger partial charge in [-0.15, -0.1) is 0 Å². The fraction of sp³-hybridized carbons (Fsp3) is 0.583. The van der Waals surface area contributed by atoms with Crippen LogP contribution in [0.5, 0.6) is 0 Å². The van der Waals surface area contributed by atoms with Crippen molar-refractivity contribution in [2.24, 2.45) is 5.92 Å². The topological polar surface area (TPSA) is 37.0 Å². The Bertz CT molecular complexity index is 410. The molecule has 1 atom stereocenters. The molecule has 0 aliphatic carbocycles. The largest absolute Gasteiger partial charge is 0.416 e. The molecule has 0 saturated heterocycles. The van der Waals surface area contributed by atoms with Crippen LogP contribution in [0.3, 0.4) is 0 Å². The van der Waals surface area contributed by atoms with E-state index in [1.807, 2.05) is 13.2 Å². The smallest absolute Gasteiger partial charge is 0.373 e. The summed E-state index contributed by atoms with van der Waals surface area (Å²) in [5, 5.41) is 5.59. The van der Waals surface area contributed by atoms with Gasteiger partial charge in [-0.2, -0.15) is 24.9 Å². The van der Waals surface area contributed by atoms with E-state index in [0.717, 1.165) is 17.9 Å². The van der Waals surface area contributed by atoms with Gasteiger partial charge in [-0.05, 0) is 30.1 Å². The first-order chi connectivity index (χ1) is 8.86. The number of anilines is 2. The average molecular weight is 293 g/mol. The Morgan fingerprint density at radius 2 is 1.95 bits per heavy atom. The van der Waals surface area contributed by atoms with Gasteiger partial charge in [0.2, 0.25) is 0 Å². The van der Waals surface area contributed by atoms with E-state index >= 15 is 0 Å². The van der Waals surface area contributed by atoms with Crippen LogP contribution in [-0.2, 0) is 6.18 Å². The summed E-state index contributed by atoms with van der Waals surface area (Å²) in [5.41, 5.74) is -0.702. The lowest BCUT2D eigenvalue weighted by atomic mass is 10.2. The number of nitrogens with zero attached hydrogens (tertiary/aromatic N) is 1. The maximum Gasteiger partial charge on any atom is 0.416 e. The molecule has 0 aromatic carbocycles. The number of hydrogen-bond acceptors (Lipinski definition) is 4. The van der Waals surface area contributed by atoms with Gasteiger partial charge in [0.25, 0.3) is 0 Å². The van der Waals surface area contributed by atoms with Crippen molar-refractivity contribution in [1.82, 2.24) is 4.98 Å². The molecule has 0 bridgehead atoms. The molecule has 1 aromatic rings. The van der Waals surface area contributed by atoms with Crippen molar-refractivity contribution in [3.8, 4) is 0 Å². The number of alkyl halides is 3.